The van der Waals surface area contributed by atoms with Crippen LogP contribution in [-0.4, -0.2) is 4.98 Å². The van der Waals surface area contributed by atoms with Gasteiger partial charge >= 0.3 is 0 Å². The van der Waals surface area contributed by atoms with Gasteiger partial charge in [0, 0.05) is 16.6 Å². The van der Waals surface area contributed by atoms with Crippen LogP contribution in [0.2, 0.25) is 0 Å². The minimum atomic E-state index is 0.837. The first kappa shape index (κ1) is 9.66. The molecule has 0 radical (unpaired) electrons. The Morgan fingerprint density at radius 2 is 1.56 bits per heavy atom. The highest BCUT2D eigenvalue weighted by molar-refractivity contribution is 5.85. The van der Waals surface area contributed by atoms with Crippen molar-refractivity contribution in [2.45, 2.75) is 43.9 Å². The summed E-state index contributed by atoms with van der Waals surface area (Å²) in [5.41, 5.74) is 4.70. The molecule has 1 aromatic heterocycles. The van der Waals surface area contributed by atoms with Crippen LogP contribution in [0.4, 0.5) is 0 Å². The quantitative estimate of drug-likeness (QED) is 0.691. The number of para-hydroxylation sites is 1. The van der Waals surface area contributed by atoms with Crippen molar-refractivity contribution in [3.8, 4) is 0 Å². The van der Waals surface area contributed by atoms with Crippen LogP contribution in [0.1, 0.15) is 55.2 Å². The molecule has 6 rings (SSSR count). The molecule has 2 saturated carbocycles. The second-order valence-corrected chi connectivity index (χ2v) is 6.80. The van der Waals surface area contributed by atoms with Gasteiger partial charge in [-0.3, -0.25) is 0 Å². The highest BCUT2D eigenvalue weighted by atomic mass is 14.8. The zero-order valence-corrected chi connectivity index (χ0v) is 10.7. The molecular weight excluding hydrogens is 218 g/mol. The molecule has 18 heavy (non-hydrogen) atoms. The van der Waals surface area contributed by atoms with Crippen molar-refractivity contribution in [2.24, 2.45) is 11.8 Å². The molecule has 0 aliphatic heterocycles. The predicted molar refractivity (Wildman–Crippen MR) is 73.8 cm³/mol. The van der Waals surface area contributed by atoms with Crippen LogP contribution in [0.25, 0.3) is 10.9 Å². The number of aromatic nitrogens is 1. The fourth-order valence-electron chi connectivity index (χ4n) is 5.27. The second-order valence-electron chi connectivity index (χ2n) is 6.80. The van der Waals surface area contributed by atoms with E-state index >= 15 is 0 Å². The van der Waals surface area contributed by atoms with Crippen LogP contribution in [0.5, 0.6) is 0 Å². The first-order valence-electron chi connectivity index (χ1n) is 7.49. The minimum absolute atomic E-state index is 0.837. The lowest BCUT2D eigenvalue weighted by Crippen LogP contribution is -2.25. The number of rotatable bonds is 0. The Balaban J connectivity index is 1.82. The minimum Gasteiger partial charge on any atom is -0.358 e. The van der Waals surface area contributed by atoms with Crippen LogP contribution >= 0.6 is 0 Å². The molecule has 0 spiro atoms. The van der Waals surface area contributed by atoms with E-state index in [4.69, 9.17) is 0 Å². The molecule has 2 aromatic rings. The Bertz CT molecular complexity index is 610. The van der Waals surface area contributed by atoms with Gasteiger partial charge in [-0.25, -0.2) is 0 Å². The lowest BCUT2D eigenvalue weighted by Gasteiger charge is -2.38. The van der Waals surface area contributed by atoms with Gasteiger partial charge in [-0.15, -0.1) is 0 Å². The third-order valence-electron chi connectivity index (χ3n) is 5.73. The van der Waals surface area contributed by atoms with Crippen molar-refractivity contribution in [2.75, 3.05) is 0 Å². The molecule has 1 N–H and O–H groups in total. The number of aromatic amines is 1. The number of benzene rings is 1. The van der Waals surface area contributed by atoms with E-state index in [1.54, 1.807) is 11.3 Å². The molecule has 4 aliphatic carbocycles. The normalized spacial score (nSPS) is 36.9. The predicted octanol–water partition coefficient (Wildman–Crippen LogP) is 4.56. The average molecular weight is 237 g/mol. The van der Waals surface area contributed by atoms with Crippen LogP contribution < -0.4 is 0 Å². The van der Waals surface area contributed by atoms with E-state index < -0.39 is 0 Å². The van der Waals surface area contributed by atoms with Crippen molar-refractivity contribution in [3.05, 3.63) is 35.5 Å². The van der Waals surface area contributed by atoms with Gasteiger partial charge in [-0.05, 0) is 67.4 Å². The highest BCUT2D eigenvalue weighted by Gasteiger charge is 2.43. The summed E-state index contributed by atoms with van der Waals surface area (Å²) in [5.74, 6) is 3.73. The van der Waals surface area contributed by atoms with Crippen molar-refractivity contribution < 1.29 is 0 Å². The lowest BCUT2D eigenvalue weighted by atomic mass is 9.67. The third-order valence-corrected chi connectivity index (χ3v) is 5.73. The van der Waals surface area contributed by atoms with Gasteiger partial charge in [0.05, 0.1) is 0 Å². The van der Waals surface area contributed by atoms with E-state index in [1.807, 2.05) is 0 Å². The molecule has 1 heteroatoms. The summed E-state index contributed by atoms with van der Waals surface area (Å²) in [4.78, 5) is 3.77. The molecule has 2 unspecified atom stereocenters. The third kappa shape index (κ3) is 1.13. The lowest BCUT2D eigenvalue weighted by molar-refractivity contribution is 0.165. The molecule has 1 nitrogen and oxygen atoms in total. The molecular formula is C17H19N. The van der Waals surface area contributed by atoms with E-state index in [0.717, 1.165) is 23.7 Å². The Kier molecular flexibility index (Phi) is 1.72. The standard InChI is InChI=1S/C17H19N/c1-2-4-15-14(3-1)16-12-6-10-5-11(7-12)9-13(8-10)17(16)18-15/h1-4,10-13,18H,5-9H2. The van der Waals surface area contributed by atoms with Gasteiger partial charge < -0.3 is 4.98 Å². The summed E-state index contributed by atoms with van der Waals surface area (Å²) in [7, 11) is 0. The van der Waals surface area contributed by atoms with Gasteiger partial charge in [0.1, 0.15) is 0 Å². The van der Waals surface area contributed by atoms with Crippen molar-refractivity contribution in [1.82, 2.24) is 4.98 Å². The maximum Gasteiger partial charge on any atom is 0.0459 e. The fraction of sp³-hybridized carbons (Fsp3) is 0.529. The van der Waals surface area contributed by atoms with Gasteiger partial charge in [0.25, 0.3) is 0 Å². The Morgan fingerprint density at radius 3 is 2.39 bits per heavy atom. The molecule has 4 aliphatic rings. The zero-order valence-electron chi connectivity index (χ0n) is 10.7. The monoisotopic (exact) mass is 237 g/mol. The van der Waals surface area contributed by atoms with Gasteiger partial charge in [0.15, 0.2) is 0 Å². The molecule has 2 fully saturated rings. The fourth-order valence-corrected chi connectivity index (χ4v) is 5.27. The molecule has 92 valence electrons. The van der Waals surface area contributed by atoms with Crippen molar-refractivity contribution in [1.29, 1.82) is 0 Å². The number of H-pyrrole nitrogens is 1. The van der Waals surface area contributed by atoms with Crippen LogP contribution in [0.3, 0.4) is 0 Å². The van der Waals surface area contributed by atoms with E-state index in [9.17, 15) is 0 Å². The summed E-state index contributed by atoms with van der Waals surface area (Å²) in [5, 5.41) is 1.52. The van der Waals surface area contributed by atoms with E-state index in [0.29, 0.717) is 0 Å². The highest BCUT2D eigenvalue weighted by Crippen LogP contribution is 2.57. The second kappa shape index (κ2) is 3.20. The summed E-state index contributed by atoms with van der Waals surface area (Å²) in [6.07, 6.45) is 7.35. The maximum absolute atomic E-state index is 3.77. The molecule has 1 heterocycles. The zero-order chi connectivity index (χ0) is 11.7. The van der Waals surface area contributed by atoms with Gasteiger partial charge in [-0.1, -0.05) is 18.2 Å². The number of hydrogen-bond donors (Lipinski definition) is 1. The first-order valence-corrected chi connectivity index (χ1v) is 7.49. The van der Waals surface area contributed by atoms with Crippen molar-refractivity contribution in [3.63, 3.8) is 0 Å². The Morgan fingerprint density at radius 1 is 0.833 bits per heavy atom. The summed E-state index contributed by atoms with van der Waals surface area (Å²) < 4.78 is 0. The largest absolute Gasteiger partial charge is 0.358 e. The molecule has 2 atom stereocenters. The SMILES string of the molecule is c1ccc2c3c([nH]c2c1)C1CC2CC(C1)CC3C2. The van der Waals surface area contributed by atoms with E-state index in [1.165, 1.54) is 43.0 Å². The number of fused-ring (bicyclic) bond motifs is 1. The molecule has 0 amide bonds. The molecule has 4 bridgehead atoms. The van der Waals surface area contributed by atoms with E-state index in [2.05, 4.69) is 29.2 Å². The van der Waals surface area contributed by atoms with Crippen LogP contribution in [0, 0.1) is 11.8 Å². The van der Waals surface area contributed by atoms with Crippen LogP contribution in [0.15, 0.2) is 24.3 Å². The summed E-state index contributed by atoms with van der Waals surface area (Å²) in [6, 6.07) is 8.94. The van der Waals surface area contributed by atoms with Crippen molar-refractivity contribution >= 4 is 10.9 Å². The molecule has 0 saturated heterocycles. The van der Waals surface area contributed by atoms with Gasteiger partial charge in [0.2, 0.25) is 0 Å². The maximum atomic E-state index is 3.77. The Labute approximate surface area is 108 Å². The summed E-state index contributed by atoms with van der Waals surface area (Å²) >= 11 is 0. The van der Waals surface area contributed by atoms with E-state index in [-0.39, 0.29) is 0 Å². The first-order chi connectivity index (χ1) is 8.88. The Hall–Kier alpha value is -1.24. The number of hydrogen-bond acceptors (Lipinski definition) is 0. The van der Waals surface area contributed by atoms with Gasteiger partial charge in [-0.2, -0.15) is 0 Å². The molecule has 1 aromatic carbocycles. The number of nitrogens with one attached hydrogen (secondary N) is 1. The van der Waals surface area contributed by atoms with Crippen LogP contribution in [-0.2, 0) is 0 Å². The average Bonchev–Trinajstić information content (AvgIpc) is 2.68. The summed E-state index contributed by atoms with van der Waals surface area (Å²) in [6.45, 7) is 0. The topological polar surface area (TPSA) is 15.8 Å². The smallest absolute Gasteiger partial charge is 0.0459 e.